The first-order chi connectivity index (χ1) is 33.6. The minimum absolute atomic E-state index is 0.0627. The van der Waals surface area contributed by atoms with Crippen LogP contribution in [-0.2, 0) is 27.9 Å². The number of allylic oxidation sites excluding steroid dienone is 26. The summed E-state index contributed by atoms with van der Waals surface area (Å²) in [6.45, 7) is 5.21. The number of phosphoric acid groups is 1. The third-order valence-corrected chi connectivity index (χ3v) is 11.1. The van der Waals surface area contributed by atoms with Crippen LogP contribution in [0, 0.1) is 0 Å². The van der Waals surface area contributed by atoms with Crippen molar-refractivity contribution in [2.75, 3.05) is 54.1 Å². The summed E-state index contributed by atoms with van der Waals surface area (Å²) in [5, 5.41) is 0. The van der Waals surface area contributed by atoms with Crippen LogP contribution in [0.2, 0.25) is 0 Å². The van der Waals surface area contributed by atoms with E-state index < -0.39 is 13.9 Å². The molecule has 0 aliphatic rings. The van der Waals surface area contributed by atoms with E-state index in [9.17, 15) is 14.3 Å². The topological polar surface area (TPSA) is 91.3 Å². The molecule has 388 valence electrons. The molecule has 0 aliphatic carbocycles. The maximum Gasteiger partial charge on any atom is 0.472 e. The Bertz CT molecular complexity index is 1650. The number of esters is 1. The molecule has 8 nitrogen and oxygen atoms in total. The van der Waals surface area contributed by atoms with Crippen molar-refractivity contribution >= 4 is 13.8 Å². The number of rotatable bonds is 46. The largest absolute Gasteiger partial charge is 0.472 e. The zero-order chi connectivity index (χ0) is 50.5. The second-order valence-electron chi connectivity index (χ2n) is 17.8. The standard InChI is InChI=1S/C60H96NO7P/c1-6-8-10-12-14-16-18-20-22-24-26-28-30-32-34-36-38-40-42-44-46-48-50-52-55-65-57-59(58-67-69(63,64)66-56-54-61(3,4)5)68-60(62)53-51-49-47-45-43-41-39-37-35-33-31-29-27-25-23-21-19-17-15-13-11-9-7-2/h8-11,14-17,20-23,26-29,32-35,38-41,45,47,59H,6-7,12-13,18-19,24-25,30-31,36-37,42-44,46,48-58H2,1-5H3/p+1/b10-8-,11-9-,16-14-,17-15-,22-20-,23-21-,28-26-,29-27-,34-32-,35-33-,40-38-,41-39-,47-45-. The van der Waals surface area contributed by atoms with E-state index in [-0.39, 0.29) is 32.2 Å². The fourth-order valence-electron chi connectivity index (χ4n) is 6.13. The van der Waals surface area contributed by atoms with E-state index in [0.29, 0.717) is 24.1 Å². The Labute approximate surface area is 422 Å². The number of carbonyl (C=O) groups excluding carboxylic acids is 1. The molecule has 69 heavy (non-hydrogen) atoms. The highest BCUT2D eigenvalue weighted by Gasteiger charge is 2.26. The first-order valence-corrected chi connectivity index (χ1v) is 27.7. The Morgan fingerprint density at radius 1 is 0.449 bits per heavy atom. The van der Waals surface area contributed by atoms with Crippen LogP contribution in [0.4, 0.5) is 0 Å². The Balaban J connectivity index is 4.35. The van der Waals surface area contributed by atoms with Crippen molar-refractivity contribution in [3.63, 3.8) is 0 Å². The molecule has 0 bridgehead atoms. The first-order valence-electron chi connectivity index (χ1n) is 26.2. The molecule has 0 spiro atoms. The molecule has 0 aliphatic heterocycles. The molecule has 0 aromatic heterocycles. The Morgan fingerprint density at radius 3 is 1.19 bits per heavy atom. The lowest BCUT2D eigenvalue weighted by atomic mass is 10.1. The fraction of sp³-hybridized carbons (Fsp3) is 0.550. The van der Waals surface area contributed by atoms with Crippen LogP contribution >= 0.6 is 7.82 Å². The third-order valence-electron chi connectivity index (χ3n) is 10.1. The summed E-state index contributed by atoms with van der Waals surface area (Å²) in [5.74, 6) is -0.386. The van der Waals surface area contributed by atoms with Gasteiger partial charge in [-0.2, -0.15) is 0 Å². The maximum absolute atomic E-state index is 12.8. The Hall–Kier alpha value is -3.88. The van der Waals surface area contributed by atoms with Crippen LogP contribution < -0.4 is 0 Å². The van der Waals surface area contributed by atoms with Crippen LogP contribution in [-0.4, -0.2) is 75.6 Å². The molecule has 0 radical (unpaired) electrons. The molecular formula is C60H97NO7P+. The van der Waals surface area contributed by atoms with Gasteiger partial charge in [-0.1, -0.05) is 191 Å². The number of ether oxygens (including phenoxy) is 2. The maximum atomic E-state index is 12.8. The Kier molecular flexibility index (Phi) is 47.7. The monoisotopic (exact) mass is 975 g/mol. The molecular weight excluding hydrogens is 878 g/mol. The van der Waals surface area contributed by atoms with Crippen LogP contribution in [0.5, 0.6) is 0 Å². The number of nitrogens with zero attached hydrogens (tertiary/aromatic N) is 1. The van der Waals surface area contributed by atoms with Crippen molar-refractivity contribution in [2.45, 2.75) is 161 Å². The molecule has 2 unspecified atom stereocenters. The lowest BCUT2D eigenvalue weighted by Crippen LogP contribution is -2.37. The SMILES string of the molecule is CC/C=C\C/C=C\C/C=C\C/C=C\C/C=C\C/C=C\C/C=C\CCCC(=O)OC(COCCCCCCC/C=C\C/C=C\C/C=C\C/C=C\C/C=C\C/C=C\CC)COP(=O)(O)OCC[N+](C)(C)C. The average Bonchev–Trinajstić information content (AvgIpc) is 3.31. The van der Waals surface area contributed by atoms with Crippen LogP contribution in [0.15, 0.2) is 158 Å². The fourth-order valence-corrected chi connectivity index (χ4v) is 6.87. The van der Waals surface area contributed by atoms with E-state index in [2.05, 4.69) is 172 Å². The smallest absolute Gasteiger partial charge is 0.457 e. The summed E-state index contributed by atoms with van der Waals surface area (Å²) >= 11 is 0. The van der Waals surface area contributed by atoms with Crippen molar-refractivity contribution in [3.05, 3.63) is 158 Å². The molecule has 0 aromatic rings. The van der Waals surface area contributed by atoms with Gasteiger partial charge in [0.25, 0.3) is 0 Å². The quantitative estimate of drug-likeness (QED) is 0.0214. The molecule has 0 amide bonds. The zero-order valence-corrected chi connectivity index (χ0v) is 44.9. The Morgan fingerprint density at radius 2 is 0.797 bits per heavy atom. The molecule has 1 N–H and O–H groups in total. The minimum Gasteiger partial charge on any atom is -0.457 e. The minimum atomic E-state index is -4.32. The van der Waals surface area contributed by atoms with Gasteiger partial charge in [-0.3, -0.25) is 13.8 Å². The van der Waals surface area contributed by atoms with Gasteiger partial charge in [-0.25, -0.2) is 4.57 Å². The van der Waals surface area contributed by atoms with E-state index in [1.807, 2.05) is 21.1 Å². The molecule has 0 saturated heterocycles. The van der Waals surface area contributed by atoms with Gasteiger partial charge < -0.3 is 18.9 Å². The van der Waals surface area contributed by atoms with E-state index >= 15 is 0 Å². The van der Waals surface area contributed by atoms with Gasteiger partial charge in [0.1, 0.15) is 19.3 Å². The van der Waals surface area contributed by atoms with Gasteiger partial charge in [0.2, 0.25) is 0 Å². The van der Waals surface area contributed by atoms with Gasteiger partial charge >= 0.3 is 13.8 Å². The highest BCUT2D eigenvalue weighted by atomic mass is 31.2. The van der Waals surface area contributed by atoms with Crippen molar-refractivity contribution < 1.29 is 37.3 Å². The van der Waals surface area contributed by atoms with Gasteiger partial charge in [0, 0.05) is 13.0 Å². The number of carbonyl (C=O) groups is 1. The summed E-state index contributed by atoms with van der Waals surface area (Å²) in [5.41, 5.74) is 0. The second-order valence-corrected chi connectivity index (χ2v) is 19.2. The predicted molar refractivity (Wildman–Crippen MR) is 297 cm³/mol. The highest BCUT2D eigenvalue weighted by Crippen LogP contribution is 2.43. The number of hydrogen-bond acceptors (Lipinski definition) is 6. The normalized spacial score (nSPS) is 14.8. The summed E-state index contributed by atoms with van der Waals surface area (Å²) in [6, 6.07) is 0. The summed E-state index contributed by atoms with van der Waals surface area (Å²) < 4.78 is 35.1. The third kappa shape index (κ3) is 54.9. The second kappa shape index (κ2) is 50.5. The first kappa shape index (κ1) is 65.1. The van der Waals surface area contributed by atoms with Crippen molar-refractivity contribution in [1.82, 2.24) is 0 Å². The highest BCUT2D eigenvalue weighted by molar-refractivity contribution is 7.47. The average molecular weight is 975 g/mol. The molecule has 0 heterocycles. The zero-order valence-electron chi connectivity index (χ0n) is 44.0. The number of unbranched alkanes of at least 4 members (excludes halogenated alkanes) is 6. The lowest BCUT2D eigenvalue weighted by molar-refractivity contribution is -0.870. The molecule has 0 rings (SSSR count). The van der Waals surface area contributed by atoms with Crippen molar-refractivity contribution in [1.29, 1.82) is 0 Å². The van der Waals surface area contributed by atoms with E-state index in [1.165, 1.54) is 0 Å². The molecule has 2 atom stereocenters. The van der Waals surface area contributed by atoms with E-state index in [0.717, 1.165) is 128 Å². The van der Waals surface area contributed by atoms with Crippen LogP contribution in [0.1, 0.15) is 155 Å². The summed E-state index contributed by atoms with van der Waals surface area (Å²) in [6.07, 6.45) is 77.3. The number of likely N-dealkylation sites (N-methyl/N-ethyl adjacent to an activating group) is 1. The number of quaternary nitrogens is 1. The van der Waals surface area contributed by atoms with E-state index in [4.69, 9.17) is 18.5 Å². The number of phosphoric ester groups is 1. The van der Waals surface area contributed by atoms with Crippen molar-refractivity contribution in [2.24, 2.45) is 0 Å². The predicted octanol–water partition coefficient (Wildman–Crippen LogP) is 16.6. The molecule has 0 aromatic carbocycles. The molecule has 9 heteroatoms. The van der Waals surface area contributed by atoms with Crippen LogP contribution in [0.25, 0.3) is 0 Å². The van der Waals surface area contributed by atoms with Crippen LogP contribution in [0.3, 0.4) is 0 Å². The van der Waals surface area contributed by atoms with Gasteiger partial charge in [0.05, 0.1) is 34.4 Å². The lowest BCUT2D eigenvalue weighted by Gasteiger charge is -2.24. The van der Waals surface area contributed by atoms with Gasteiger partial charge in [-0.15, -0.1) is 0 Å². The molecule has 0 fully saturated rings. The van der Waals surface area contributed by atoms with Crippen molar-refractivity contribution in [3.8, 4) is 0 Å². The number of hydrogen-bond donors (Lipinski definition) is 1. The summed E-state index contributed by atoms with van der Waals surface area (Å²) in [4.78, 5) is 23.0. The van der Waals surface area contributed by atoms with Gasteiger partial charge in [-0.05, 0) is 116 Å². The summed E-state index contributed by atoms with van der Waals surface area (Å²) in [7, 11) is 1.59. The van der Waals surface area contributed by atoms with E-state index in [1.54, 1.807) is 0 Å². The van der Waals surface area contributed by atoms with Gasteiger partial charge in [0.15, 0.2) is 0 Å². The molecule has 0 saturated carbocycles.